The number of nitrogens with one attached hydrogen (secondary N) is 1. The highest BCUT2D eigenvalue weighted by molar-refractivity contribution is 5.87. The highest BCUT2D eigenvalue weighted by Gasteiger charge is 2.28. The number of hydrogen-bond acceptors (Lipinski definition) is 4. The second-order valence-electron chi connectivity index (χ2n) is 6.98. The lowest BCUT2D eigenvalue weighted by Gasteiger charge is -2.33. The largest absolute Gasteiger partial charge is 0.460 e. The summed E-state index contributed by atoms with van der Waals surface area (Å²) >= 11 is 0. The zero-order chi connectivity index (χ0) is 19.3. The highest BCUT2D eigenvalue weighted by Crippen LogP contribution is 2.13. The molecule has 0 spiro atoms. The van der Waals surface area contributed by atoms with Gasteiger partial charge in [0.1, 0.15) is 12.6 Å². The number of benzene rings is 1. The SMILES string of the molecule is CCCCCNC(=O)C(COC(=O)/C=C/c1ccccc1)N1CCCCC1. The van der Waals surface area contributed by atoms with Crippen molar-refractivity contribution in [3.8, 4) is 0 Å². The minimum absolute atomic E-state index is 0.0344. The van der Waals surface area contributed by atoms with Crippen molar-refractivity contribution in [1.82, 2.24) is 10.2 Å². The summed E-state index contributed by atoms with van der Waals surface area (Å²) in [4.78, 5) is 26.8. The van der Waals surface area contributed by atoms with Crippen LogP contribution in [0, 0.1) is 0 Å². The number of rotatable bonds is 10. The third-order valence-corrected chi connectivity index (χ3v) is 4.81. The molecule has 1 aromatic rings. The van der Waals surface area contributed by atoms with Crippen molar-refractivity contribution < 1.29 is 14.3 Å². The monoisotopic (exact) mass is 372 g/mol. The van der Waals surface area contributed by atoms with Crippen molar-refractivity contribution in [2.75, 3.05) is 26.2 Å². The molecule has 0 aliphatic carbocycles. The Bertz CT molecular complexity index is 595. The van der Waals surface area contributed by atoms with Crippen molar-refractivity contribution in [3.05, 3.63) is 42.0 Å². The average molecular weight is 373 g/mol. The van der Waals surface area contributed by atoms with Crippen LogP contribution in [0.15, 0.2) is 36.4 Å². The second-order valence-corrected chi connectivity index (χ2v) is 6.98. The van der Waals surface area contributed by atoms with E-state index in [-0.39, 0.29) is 12.5 Å². The lowest BCUT2D eigenvalue weighted by atomic mass is 10.1. The van der Waals surface area contributed by atoms with Gasteiger partial charge in [-0.05, 0) is 44.0 Å². The third-order valence-electron chi connectivity index (χ3n) is 4.81. The van der Waals surface area contributed by atoms with Gasteiger partial charge >= 0.3 is 5.97 Å². The molecule has 148 valence electrons. The molecular weight excluding hydrogens is 340 g/mol. The molecule has 0 saturated carbocycles. The fraction of sp³-hybridized carbons (Fsp3) is 0.545. The minimum Gasteiger partial charge on any atom is -0.460 e. The first-order chi connectivity index (χ1) is 13.2. The highest BCUT2D eigenvalue weighted by atomic mass is 16.5. The summed E-state index contributed by atoms with van der Waals surface area (Å²) in [6, 6.07) is 9.20. The number of amides is 1. The molecule has 1 aliphatic heterocycles. The van der Waals surface area contributed by atoms with Crippen LogP contribution in [0.25, 0.3) is 6.08 Å². The molecule has 1 N–H and O–H groups in total. The summed E-state index contributed by atoms with van der Waals surface area (Å²) in [5.74, 6) is -0.451. The fourth-order valence-corrected chi connectivity index (χ4v) is 3.22. The molecule has 5 nitrogen and oxygen atoms in total. The number of nitrogens with zero attached hydrogens (tertiary/aromatic N) is 1. The zero-order valence-corrected chi connectivity index (χ0v) is 16.4. The Morgan fingerprint density at radius 2 is 1.89 bits per heavy atom. The summed E-state index contributed by atoms with van der Waals surface area (Å²) in [5, 5.41) is 3.01. The average Bonchev–Trinajstić information content (AvgIpc) is 2.71. The van der Waals surface area contributed by atoms with Crippen LogP contribution in [0.2, 0.25) is 0 Å². The third kappa shape index (κ3) is 7.95. The number of likely N-dealkylation sites (tertiary alicyclic amines) is 1. The molecule has 2 rings (SSSR count). The normalized spacial score (nSPS) is 16.2. The van der Waals surface area contributed by atoms with Crippen LogP contribution < -0.4 is 5.32 Å². The van der Waals surface area contributed by atoms with Crippen molar-refractivity contribution in [2.45, 2.75) is 51.5 Å². The number of unbranched alkanes of at least 4 members (excludes halogenated alkanes) is 2. The lowest BCUT2D eigenvalue weighted by molar-refractivity contribution is -0.142. The summed E-state index contributed by atoms with van der Waals surface area (Å²) < 4.78 is 5.40. The molecule has 1 aromatic carbocycles. The molecule has 1 aliphatic rings. The molecule has 1 unspecified atom stereocenters. The molecule has 1 atom stereocenters. The summed E-state index contributed by atoms with van der Waals surface area (Å²) in [7, 11) is 0. The summed E-state index contributed by atoms with van der Waals surface area (Å²) in [6.45, 7) is 4.67. The van der Waals surface area contributed by atoms with Crippen LogP contribution in [0.3, 0.4) is 0 Å². The van der Waals surface area contributed by atoms with Crippen molar-refractivity contribution in [3.63, 3.8) is 0 Å². The van der Waals surface area contributed by atoms with Gasteiger partial charge in [-0.2, -0.15) is 0 Å². The first-order valence-corrected chi connectivity index (χ1v) is 10.1. The minimum atomic E-state index is -0.417. The van der Waals surface area contributed by atoms with Gasteiger partial charge < -0.3 is 10.1 Å². The fourth-order valence-electron chi connectivity index (χ4n) is 3.22. The molecule has 0 aromatic heterocycles. The number of carbonyl (C=O) groups excluding carboxylic acids is 2. The van der Waals surface area contributed by atoms with Crippen molar-refractivity contribution in [1.29, 1.82) is 0 Å². The van der Waals surface area contributed by atoms with E-state index in [9.17, 15) is 9.59 Å². The summed E-state index contributed by atoms with van der Waals surface area (Å²) in [5.41, 5.74) is 0.940. The Morgan fingerprint density at radius 1 is 1.15 bits per heavy atom. The van der Waals surface area contributed by atoms with Gasteiger partial charge in [-0.15, -0.1) is 0 Å². The Labute approximate surface area is 162 Å². The predicted octanol–water partition coefficient (Wildman–Crippen LogP) is 3.40. The molecule has 0 radical (unpaired) electrons. The second kappa shape index (κ2) is 12.3. The van der Waals surface area contributed by atoms with Gasteiger partial charge in [-0.1, -0.05) is 56.5 Å². The molecule has 1 amide bonds. The lowest BCUT2D eigenvalue weighted by Crippen LogP contribution is -2.51. The maximum absolute atomic E-state index is 12.6. The zero-order valence-electron chi connectivity index (χ0n) is 16.4. The quantitative estimate of drug-likeness (QED) is 0.388. The molecule has 0 bridgehead atoms. The van der Waals surface area contributed by atoms with E-state index in [1.54, 1.807) is 6.08 Å². The maximum Gasteiger partial charge on any atom is 0.330 e. The topological polar surface area (TPSA) is 58.6 Å². The molecule has 27 heavy (non-hydrogen) atoms. The van der Waals surface area contributed by atoms with E-state index in [0.717, 1.165) is 50.8 Å². The van der Waals surface area contributed by atoms with E-state index in [1.807, 2.05) is 30.3 Å². The predicted molar refractivity (Wildman–Crippen MR) is 108 cm³/mol. The van der Waals surface area contributed by atoms with Gasteiger partial charge in [-0.25, -0.2) is 4.79 Å². The Morgan fingerprint density at radius 3 is 2.59 bits per heavy atom. The molecule has 1 saturated heterocycles. The van der Waals surface area contributed by atoms with Crippen molar-refractivity contribution >= 4 is 18.0 Å². The summed E-state index contributed by atoms with van der Waals surface area (Å²) in [6.07, 6.45) is 9.72. The molecule has 1 heterocycles. The standard InChI is InChI=1S/C22H32N2O3/c1-2-3-8-15-23-22(26)20(24-16-9-5-10-17-24)18-27-21(25)14-13-19-11-6-4-7-12-19/h4,6-7,11-14,20H,2-3,5,8-10,15-18H2,1H3,(H,23,26)/b14-13+. The van der Waals surface area contributed by atoms with E-state index in [4.69, 9.17) is 4.74 Å². The van der Waals surface area contributed by atoms with Crippen LogP contribution in [0.4, 0.5) is 0 Å². The number of carbonyl (C=O) groups is 2. The first-order valence-electron chi connectivity index (χ1n) is 10.1. The van der Waals surface area contributed by atoms with Crippen LogP contribution in [0.1, 0.15) is 51.0 Å². The van der Waals surface area contributed by atoms with E-state index >= 15 is 0 Å². The van der Waals surface area contributed by atoms with Gasteiger partial charge in [0, 0.05) is 12.6 Å². The van der Waals surface area contributed by atoms with Crippen LogP contribution in [0.5, 0.6) is 0 Å². The van der Waals surface area contributed by atoms with Crippen LogP contribution >= 0.6 is 0 Å². The first kappa shape index (κ1) is 21.2. The van der Waals surface area contributed by atoms with Gasteiger partial charge in [0.2, 0.25) is 5.91 Å². The molecule has 5 heteroatoms. The van der Waals surface area contributed by atoms with Crippen LogP contribution in [-0.4, -0.2) is 49.1 Å². The van der Waals surface area contributed by atoms with Gasteiger partial charge in [0.25, 0.3) is 0 Å². The van der Waals surface area contributed by atoms with Crippen LogP contribution in [-0.2, 0) is 14.3 Å². The van der Waals surface area contributed by atoms with E-state index in [0.29, 0.717) is 6.54 Å². The number of esters is 1. The van der Waals surface area contributed by atoms with Gasteiger partial charge in [0.05, 0.1) is 0 Å². The smallest absolute Gasteiger partial charge is 0.330 e. The van der Waals surface area contributed by atoms with Crippen molar-refractivity contribution in [2.24, 2.45) is 0 Å². The Balaban J connectivity index is 1.87. The van der Waals surface area contributed by atoms with E-state index in [1.165, 1.54) is 12.5 Å². The number of hydrogen-bond donors (Lipinski definition) is 1. The van der Waals surface area contributed by atoms with Gasteiger partial charge in [-0.3, -0.25) is 9.69 Å². The Kier molecular flexibility index (Phi) is 9.63. The Hall–Kier alpha value is -2.14. The number of piperidine rings is 1. The van der Waals surface area contributed by atoms with E-state index in [2.05, 4.69) is 17.1 Å². The molecule has 1 fully saturated rings. The van der Waals surface area contributed by atoms with Gasteiger partial charge in [0.15, 0.2) is 0 Å². The number of ether oxygens (including phenoxy) is 1. The maximum atomic E-state index is 12.6. The van der Waals surface area contributed by atoms with E-state index < -0.39 is 12.0 Å². The molecular formula is C22H32N2O3.